The van der Waals surface area contributed by atoms with Gasteiger partial charge in [-0.25, -0.2) is 4.57 Å². The molecule has 0 spiro atoms. The van der Waals surface area contributed by atoms with Gasteiger partial charge in [0.1, 0.15) is 19.8 Å². The van der Waals surface area contributed by atoms with E-state index >= 15 is 0 Å². The van der Waals surface area contributed by atoms with Crippen molar-refractivity contribution in [2.24, 2.45) is 0 Å². The minimum atomic E-state index is -4.38. The number of likely N-dealkylation sites (N-methyl/N-ethyl adjacent to an activating group) is 1. The van der Waals surface area contributed by atoms with Crippen molar-refractivity contribution in [2.75, 3.05) is 47.5 Å². The lowest BCUT2D eigenvalue weighted by Crippen LogP contribution is -2.37. The number of carbonyl (C=O) groups excluding carboxylic acids is 2. The highest BCUT2D eigenvalue weighted by Gasteiger charge is 2.27. The van der Waals surface area contributed by atoms with Crippen LogP contribution in [-0.2, 0) is 32.7 Å². The number of nitrogens with zero attached hydrogens (tertiary/aromatic N) is 1. The summed E-state index contributed by atoms with van der Waals surface area (Å²) in [6, 6.07) is 0. The number of ether oxygens (including phenoxy) is 2. The third-order valence-corrected chi connectivity index (χ3v) is 14.4. The number of phosphoric ester groups is 1. The van der Waals surface area contributed by atoms with Crippen molar-refractivity contribution in [3.8, 4) is 0 Å². The first-order chi connectivity index (χ1) is 34.0. The molecular weight excluding hydrogens is 894 g/mol. The molecule has 0 rings (SSSR count). The van der Waals surface area contributed by atoms with Gasteiger partial charge in [-0.2, -0.15) is 0 Å². The summed E-state index contributed by atoms with van der Waals surface area (Å²) in [5.74, 6) is -0.801. The second-order valence-electron chi connectivity index (χ2n) is 21.7. The first-order valence-corrected chi connectivity index (χ1v) is 31.6. The van der Waals surface area contributed by atoms with Gasteiger partial charge >= 0.3 is 19.8 Å². The predicted octanol–water partition coefficient (Wildman–Crippen LogP) is 18.6. The molecule has 0 aromatic rings. The number of esters is 2. The quantitative estimate of drug-likeness (QED) is 0.0211. The maximum absolute atomic E-state index is 12.7. The fourth-order valence-electron chi connectivity index (χ4n) is 8.82. The van der Waals surface area contributed by atoms with E-state index in [0.717, 1.165) is 64.2 Å². The Balaban J connectivity index is 3.92. The standard InChI is InChI=1S/C60H116NO8P/c1-6-8-10-12-14-16-18-20-21-22-23-24-25-26-27-28-29-30-31-32-33-34-35-36-37-38-39-41-42-44-46-48-50-52-59(62)66-56-58(57-68-70(64,65)67-55-54-61(3,4)5)69-60(63)53-51-49-47-45-43-40-19-17-15-13-11-9-7-2/h11,13,17,19,58H,6-10,12,14-16,18,20-57H2,1-5H3/p+1/b13-11-,19-17-. The van der Waals surface area contributed by atoms with Crippen molar-refractivity contribution >= 4 is 19.8 Å². The van der Waals surface area contributed by atoms with E-state index in [0.29, 0.717) is 23.9 Å². The van der Waals surface area contributed by atoms with Crippen LogP contribution >= 0.6 is 7.82 Å². The molecular formula is C60H117NO8P+. The average molecular weight is 1010 g/mol. The van der Waals surface area contributed by atoms with Crippen molar-refractivity contribution in [2.45, 2.75) is 302 Å². The minimum absolute atomic E-state index is 0.0309. The Labute approximate surface area is 434 Å². The van der Waals surface area contributed by atoms with Crippen molar-refractivity contribution in [3.63, 3.8) is 0 Å². The van der Waals surface area contributed by atoms with Crippen molar-refractivity contribution in [1.82, 2.24) is 0 Å². The molecule has 0 aliphatic rings. The first kappa shape index (κ1) is 68.5. The molecule has 0 amide bonds. The molecule has 0 heterocycles. The number of allylic oxidation sites excluding steroid dienone is 4. The van der Waals surface area contributed by atoms with Crippen molar-refractivity contribution in [1.29, 1.82) is 0 Å². The number of hydrogen-bond acceptors (Lipinski definition) is 7. The Bertz CT molecular complexity index is 1240. The molecule has 0 saturated heterocycles. The fourth-order valence-corrected chi connectivity index (χ4v) is 9.56. The van der Waals surface area contributed by atoms with Gasteiger partial charge in [-0.05, 0) is 38.5 Å². The summed E-state index contributed by atoms with van der Waals surface area (Å²) in [6.45, 7) is 4.39. The minimum Gasteiger partial charge on any atom is -0.462 e. The molecule has 0 fully saturated rings. The molecule has 0 aliphatic heterocycles. The zero-order valence-corrected chi connectivity index (χ0v) is 47.9. The van der Waals surface area contributed by atoms with Crippen LogP contribution in [-0.4, -0.2) is 74.9 Å². The molecule has 1 N–H and O–H groups in total. The van der Waals surface area contributed by atoms with Crippen LogP contribution in [0, 0.1) is 0 Å². The van der Waals surface area contributed by atoms with Crippen LogP contribution in [0.15, 0.2) is 24.3 Å². The van der Waals surface area contributed by atoms with Crippen LogP contribution in [0.4, 0.5) is 0 Å². The predicted molar refractivity (Wildman–Crippen MR) is 298 cm³/mol. The largest absolute Gasteiger partial charge is 0.472 e. The van der Waals surface area contributed by atoms with Crippen LogP contribution in [0.5, 0.6) is 0 Å². The van der Waals surface area contributed by atoms with Gasteiger partial charge in [0.15, 0.2) is 6.10 Å². The maximum atomic E-state index is 12.7. The van der Waals surface area contributed by atoms with Crippen LogP contribution < -0.4 is 0 Å². The average Bonchev–Trinajstić information content (AvgIpc) is 3.32. The number of carbonyl (C=O) groups is 2. The third-order valence-electron chi connectivity index (χ3n) is 13.5. The molecule has 0 aromatic heterocycles. The van der Waals surface area contributed by atoms with E-state index in [-0.39, 0.29) is 25.6 Å². The zero-order chi connectivity index (χ0) is 51.3. The Morgan fingerprint density at radius 2 is 0.800 bits per heavy atom. The fraction of sp³-hybridized carbons (Fsp3) is 0.900. The van der Waals surface area contributed by atoms with E-state index < -0.39 is 26.5 Å². The van der Waals surface area contributed by atoms with Crippen LogP contribution in [0.25, 0.3) is 0 Å². The van der Waals surface area contributed by atoms with E-state index in [1.807, 2.05) is 21.1 Å². The number of hydrogen-bond donors (Lipinski definition) is 1. The van der Waals surface area contributed by atoms with Gasteiger partial charge < -0.3 is 18.9 Å². The Morgan fingerprint density at radius 1 is 0.443 bits per heavy atom. The molecule has 0 bridgehead atoms. The Morgan fingerprint density at radius 3 is 1.19 bits per heavy atom. The molecule has 0 saturated carbocycles. The summed E-state index contributed by atoms with van der Waals surface area (Å²) >= 11 is 0. The zero-order valence-electron chi connectivity index (χ0n) is 47.0. The van der Waals surface area contributed by atoms with Crippen LogP contribution in [0.3, 0.4) is 0 Å². The third kappa shape index (κ3) is 55.8. The molecule has 0 aromatic carbocycles. The number of quaternary nitrogens is 1. The normalized spacial score (nSPS) is 13.4. The Kier molecular flexibility index (Phi) is 51.2. The lowest BCUT2D eigenvalue weighted by atomic mass is 10.0. The summed E-state index contributed by atoms with van der Waals surface area (Å²) in [6.07, 6.45) is 62.9. The second-order valence-corrected chi connectivity index (χ2v) is 23.2. The summed E-state index contributed by atoms with van der Waals surface area (Å²) < 4.78 is 34.5. The highest BCUT2D eigenvalue weighted by Crippen LogP contribution is 2.43. The van der Waals surface area contributed by atoms with E-state index in [9.17, 15) is 19.0 Å². The smallest absolute Gasteiger partial charge is 0.462 e. The molecule has 0 aliphatic carbocycles. The Hall–Kier alpha value is -1.51. The highest BCUT2D eigenvalue weighted by atomic mass is 31.2. The number of rotatable bonds is 56. The first-order valence-electron chi connectivity index (χ1n) is 30.1. The van der Waals surface area contributed by atoms with E-state index in [2.05, 4.69) is 38.2 Å². The lowest BCUT2D eigenvalue weighted by Gasteiger charge is -2.24. The molecule has 2 unspecified atom stereocenters. The van der Waals surface area contributed by atoms with Gasteiger partial charge in [-0.3, -0.25) is 18.6 Å². The summed E-state index contributed by atoms with van der Waals surface area (Å²) in [5.41, 5.74) is 0. The molecule has 10 heteroatoms. The number of phosphoric acid groups is 1. The summed E-state index contributed by atoms with van der Waals surface area (Å²) in [4.78, 5) is 35.6. The van der Waals surface area contributed by atoms with Gasteiger partial charge in [-0.15, -0.1) is 0 Å². The van der Waals surface area contributed by atoms with Gasteiger partial charge in [-0.1, -0.05) is 269 Å². The van der Waals surface area contributed by atoms with E-state index in [1.54, 1.807) is 0 Å². The van der Waals surface area contributed by atoms with Crippen LogP contribution in [0.1, 0.15) is 296 Å². The molecule has 9 nitrogen and oxygen atoms in total. The molecule has 414 valence electrons. The lowest BCUT2D eigenvalue weighted by molar-refractivity contribution is -0.870. The van der Waals surface area contributed by atoms with Crippen molar-refractivity contribution in [3.05, 3.63) is 24.3 Å². The summed E-state index contributed by atoms with van der Waals surface area (Å²) in [5, 5.41) is 0. The van der Waals surface area contributed by atoms with E-state index in [1.165, 1.54) is 199 Å². The topological polar surface area (TPSA) is 108 Å². The second kappa shape index (κ2) is 52.4. The van der Waals surface area contributed by atoms with E-state index in [4.69, 9.17) is 18.5 Å². The van der Waals surface area contributed by atoms with Gasteiger partial charge in [0.25, 0.3) is 0 Å². The SMILES string of the molecule is CCC/C=C\C/C=C\CCCCCCCC(=O)OC(COC(=O)CCCCCCCCCCCCCCCCCCCCCCCCCCCCCCCCCCC)COP(=O)(O)OCC[N+](C)(C)C. The summed E-state index contributed by atoms with van der Waals surface area (Å²) in [7, 11) is 1.48. The van der Waals surface area contributed by atoms with Gasteiger partial charge in [0, 0.05) is 12.8 Å². The number of unbranched alkanes of at least 4 members (excludes halogenated alkanes) is 38. The highest BCUT2D eigenvalue weighted by molar-refractivity contribution is 7.47. The monoisotopic (exact) mass is 1010 g/mol. The molecule has 70 heavy (non-hydrogen) atoms. The molecule has 2 atom stereocenters. The van der Waals surface area contributed by atoms with Gasteiger partial charge in [0.2, 0.25) is 0 Å². The van der Waals surface area contributed by atoms with Crippen LogP contribution in [0.2, 0.25) is 0 Å². The van der Waals surface area contributed by atoms with Gasteiger partial charge in [0.05, 0.1) is 27.7 Å². The maximum Gasteiger partial charge on any atom is 0.472 e. The molecule has 0 radical (unpaired) electrons. The van der Waals surface area contributed by atoms with Crippen molar-refractivity contribution < 1.29 is 42.1 Å².